The van der Waals surface area contributed by atoms with Crippen molar-refractivity contribution in [2.45, 2.75) is 52.5 Å². The normalized spacial score (nSPS) is 21.1. The van der Waals surface area contributed by atoms with Crippen LogP contribution in [0.5, 0.6) is 0 Å². The Labute approximate surface area is 153 Å². The molecule has 1 fully saturated rings. The first kappa shape index (κ1) is 19.9. The maximum Gasteiger partial charge on any atom is 0.271 e. The highest BCUT2D eigenvalue weighted by Gasteiger charge is 2.32. The number of benzene rings is 1. The zero-order chi connectivity index (χ0) is 19.3. The van der Waals surface area contributed by atoms with E-state index in [1.807, 2.05) is 13.8 Å². The number of non-ortho nitro benzene ring substituents is 1. The molecule has 7 nitrogen and oxygen atoms in total. The Kier molecular flexibility index (Phi) is 6.71. The highest BCUT2D eigenvalue weighted by atomic mass is 16.6. The van der Waals surface area contributed by atoms with Crippen LogP contribution in [0.1, 0.15) is 46.5 Å². The van der Waals surface area contributed by atoms with Crippen molar-refractivity contribution in [2.75, 3.05) is 5.32 Å². The molecule has 2 amide bonds. The first-order chi connectivity index (χ1) is 12.3. The van der Waals surface area contributed by atoms with Gasteiger partial charge in [0.2, 0.25) is 11.8 Å². The summed E-state index contributed by atoms with van der Waals surface area (Å²) >= 11 is 0. The fraction of sp³-hybridized carbons (Fsp3) is 0.579. The van der Waals surface area contributed by atoms with E-state index < -0.39 is 11.0 Å². The maximum absolute atomic E-state index is 12.6. The summed E-state index contributed by atoms with van der Waals surface area (Å²) in [7, 11) is 0. The average molecular weight is 361 g/mol. The summed E-state index contributed by atoms with van der Waals surface area (Å²) in [6.45, 7) is 5.81. The summed E-state index contributed by atoms with van der Waals surface area (Å²) < 4.78 is 0. The molecule has 0 aromatic heterocycles. The third kappa shape index (κ3) is 5.03. The molecule has 26 heavy (non-hydrogen) atoms. The van der Waals surface area contributed by atoms with Crippen LogP contribution < -0.4 is 10.6 Å². The van der Waals surface area contributed by atoms with Gasteiger partial charge < -0.3 is 10.6 Å². The lowest BCUT2D eigenvalue weighted by Gasteiger charge is -2.30. The summed E-state index contributed by atoms with van der Waals surface area (Å²) in [6, 6.07) is 5.09. The van der Waals surface area contributed by atoms with E-state index >= 15 is 0 Å². The maximum atomic E-state index is 12.6. The van der Waals surface area contributed by atoms with Gasteiger partial charge >= 0.3 is 0 Å². The molecular formula is C19H27N3O4. The van der Waals surface area contributed by atoms with E-state index in [9.17, 15) is 19.7 Å². The Morgan fingerprint density at radius 1 is 1.23 bits per heavy atom. The Morgan fingerprint density at radius 3 is 2.54 bits per heavy atom. The standard InChI is InChI=1S/C19H27N3O4/c1-12(2)17(21-18(23)16-10-5-4-7-13(16)3)19(24)20-14-8-6-9-15(11-14)22(25)26/h6,8-9,11-13,16-17H,4-5,7,10H2,1-3H3,(H,20,24)(H,21,23)/t13-,16-,17+/m1/s1. The Bertz CT molecular complexity index is 675. The van der Waals surface area contributed by atoms with Gasteiger partial charge in [-0.1, -0.05) is 39.7 Å². The molecule has 3 atom stereocenters. The number of nitro groups is 1. The number of nitro benzene ring substituents is 1. The smallest absolute Gasteiger partial charge is 0.271 e. The van der Waals surface area contributed by atoms with Crippen molar-refractivity contribution < 1.29 is 14.5 Å². The molecule has 1 aliphatic rings. The van der Waals surface area contributed by atoms with Crippen molar-refractivity contribution >= 4 is 23.2 Å². The van der Waals surface area contributed by atoms with Crippen LogP contribution in [-0.2, 0) is 9.59 Å². The number of nitrogens with one attached hydrogen (secondary N) is 2. The second-order valence-electron chi connectivity index (χ2n) is 7.40. The average Bonchev–Trinajstić information content (AvgIpc) is 2.59. The molecule has 1 aliphatic carbocycles. The molecule has 0 bridgehead atoms. The molecule has 142 valence electrons. The van der Waals surface area contributed by atoms with Gasteiger partial charge in [-0.25, -0.2) is 0 Å². The molecule has 0 spiro atoms. The molecule has 0 radical (unpaired) electrons. The lowest BCUT2D eigenvalue weighted by atomic mass is 9.79. The monoisotopic (exact) mass is 361 g/mol. The fourth-order valence-electron chi connectivity index (χ4n) is 3.42. The molecule has 1 aromatic carbocycles. The van der Waals surface area contributed by atoms with Gasteiger partial charge in [0.1, 0.15) is 6.04 Å². The summed E-state index contributed by atoms with van der Waals surface area (Å²) in [5.74, 6) is -0.286. The molecule has 0 heterocycles. The quantitative estimate of drug-likeness (QED) is 0.598. The van der Waals surface area contributed by atoms with Crippen molar-refractivity contribution in [2.24, 2.45) is 17.8 Å². The van der Waals surface area contributed by atoms with Gasteiger partial charge in [0, 0.05) is 23.7 Å². The Morgan fingerprint density at radius 2 is 1.92 bits per heavy atom. The van der Waals surface area contributed by atoms with Crippen LogP contribution in [-0.4, -0.2) is 22.8 Å². The van der Waals surface area contributed by atoms with E-state index in [1.165, 1.54) is 18.2 Å². The number of hydrogen-bond donors (Lipinski definition) is 2. The Balaban J connectivity index is 2.06. The van der Waals surface area contributed by atoms with Crippen molar-refractivity contribution in [1.82, 2.24) is 5.32 Å². The molecule has 7 heteroatoms. The molecule has 2 N–H and O–H groups in total. The zero-order valence-electron chi connectivity index (χ0n) is 15.5. The highest BCUT2D eigenvalue weighted by Crippen LogP contribution is 2.30. The summed E-state index contributed by atoms with van der Waals surface area (Å²) in [5.41, 5.74) is 0.249. The van der Waals surface area contributed by atoms with Crippen molar-refractivity contribution in [3.8, 4) is 0 Å². The molecule has 0 unspecified atom stereocenters. The largest absolute Gasteiger partial charge is 0.344 e. The second-order valence-corrected chi connectivity index (χ2v) is 7.40. The number of anilines is 1. The first-order valence-electron chi connectivity index (χ1n) is 9.15. The number of carbonyl (C=O) groups is 2. The van der Waals surface area contributed by atoms with E-state index in [2.05, 4.69) is 17.6 Å². The molecule has 2 rings (SSSR count). The summed E-state index contributed by atoms with van der Waals surface area (Å²) in [6.07, 6.45) is 4.06. The lowest BCUT2D eigenvalue weighted by Crippen LogP contribution is -2.50. The van der Waals surface area contributed by atoms with Crippen molar-refractivity contribution in [3.63, 3.8) is 0 Å². The van der Waals surface area contributed by atoms with E-state index in [4.69, 9.17) is 0 Å². The fourth-order valence-corrected chi connectivity index (χ4v) is 3.42. The van der Waals surface area contributed by atoms with Gasteiger partial charge in [0.25, 0.3) is 5.69 Å². The van der Waals surface area contributed by atoms with E-state index in [0.29, 0.717) is 11.6 Å². The van der Waals surface area contributed by atoms with Gasteiger partial charge in [-0.3, -0.25) is 19.7 Å². The molecule has 1 aromatic rings. The third-order valence-corrected chi connectivity index (χ3v) is 5.02. The van der Waals surface area contributed by atoms with Gasteiger partial charge in [0.05, 0.1) is 4.92 Å². The van der Waals surface area contributed by atoms with E-state index in [1.54, 1.807) is 6.07 Å². The van der Waals surface area contributed by atoms with Crippen LogP contribution in [0, 0.1) is 27.9 Å². The SMILES string of the molecule is CC(C)[C@H](NC(=O)[C@@H]1CCCC[C@H]1C)C(=O)Nc1cccc([N+](=O)[O-])c1. The number of rotatable bonds is 6. The summed E-state index contributed by atoms with van der Waals surface area (Å²) in [4.78, 5) is 35.6. The van der Waals surface area contributed by atoms with Crippen LogP contribution in [0.4, 0.5) is 11.4 Å². The second kappa shape index (κ2) is 8.78. The molecule has 0 saturated heterocycles. The third-order valence-electron chi connectivity index (χ3n) is 5.02. The first-order valence-corrected chi connectivity index (χ1v) is 9.15. The summed E-state index contributed by atoms with van der Waals surface area (Å²) in [5, 5.41) is 16.4. The van der Waals surface area contributed by atoms with Gasteiger partial charge in [0.15, 0.2) is 0 Å². The minimum Gasteiger partial charge on any atom is -0.344 e. The lowest BCUT2D eigenvalue weighted by molar-refractivity contribution is -0.384. The van der Waals surface area contributed by atoms with E-state index in [0.717, 1.165) is 25.7 Å². The minimum atomic E-state index is -0.684. The van der Waals surface area contributed by atoms with E-state index in [-0.39, 0.29) is 29.3 Å². The van der Waals surface area contributed by atoms with Crippen LogP contribution in [0.2, 0.25) is 0 Å². The predicted octanol–water partition coefficient (Wildman–Crippen LogP) is 3.50. The van der Waals surface area contributed by atoms with Crippen LogP contribution in [0.15, 0.2) is 24.3 Å². The number of nitrogens with zero attached hydrogens (tertiary/aromatic N) is 1. The van der Waals surface area contributed by atoms with Crippen molar-refractivity contribution in [3.05, 3.63) is 34.4 Å². The predicted molar refractivity (Wildman–Crippen MR) is 99.6 cm³/mol. The van der Waals surface area contributed by atoms with Crippen LogP contribution in [0.25, 0.3) is 0 Å². The van der Waals surface area contributed by atoms with Gasteiger partial charge in [-0.2, -0.15) is 0 Å². The van der Waals surface area contributed by atoms with Gasteiger partial charge in [-0.05, 0) is 30.7 Å². The number of amides is 2. The number of carbonyl (C=O) groups excluding carboxylic acids is 2. The topological polar surface area (TPSA) is 101 Å². The van der Waals surface area contributed by atoms with Gasteiger partial charge in [-0.15, -0.1) is 0 Å². The molecule has 0 aliphatic heterocycles. The van der Waals surface area contributed by atoms with Crippen molar-refractivity contribution in [1.29, 1.82) is 0 Å². The zero-order valence-corrected chi connectivity index (χ0v) is 15.5. The molecule has 1 saturated carbocycles. The van der Waals surface area contributed by atoms with Crippen LogP contribution in [0.3, 0.4) is 0 Å². The van der Waals surface area contributed by atoms with Crippen LogP contribution >= 0.6 is 0 Å². The Hall–Kier alpha value is -2.44. The molecular weight excluding hydrogens is 334 g/mol. The number of hydrogen-bond acceptors (Lipinski definition) is 4. The minimum absolute atomic E-state index is 0.0596. The highest BCUT2D eigenvalue weighted by molar-refractivity contribution is 5.97.